The molecule has 0 bridgehead atoms. The first-order chi connectivity index (χ1) is 10.1. The Morgan fingerprint density at radius 1 is 1.05 bits per heavy atom. The number of phenolic OH excluding ortho intramolecular Hbond substituents is 2. The minimum absolute atomic E-state index is 0. The van der Waals surface area contributed by atoms with E-state index in [1.165, 1.54) is 5.56 Å². The summed E-state index contributed by atoms with van der Waals surface area (Å²) >= 11 is 12.4. The molecule has 22 heavy (non-hydrogen) atoms. The third-order valence-electron chi connectivity index (χ3n) is 3.86. The molecule has 3 N–H and O–H groups in total. The molecule has 0 radical (unpaired) electrons. The summed E-state index contributed by atoms with van der Waals surface area (Å²) in [5, 5.41) is 23.5. The van der Waals surface area contributed by atoms with E-state index in [0.29, 0.717) is 6.42 Å². The fraction of sp³-hybridized carbons (Fsp3) is 0.250. The van der Waals surface area contributed by atoms with Gasteiger partial charge in [0, 0.05) is 6.04 Å². The Kier molecular flexibility index (Phi) is 5.61. The number of aromatic hydroxyl groups is 2. The van der Waals surface area contributed by atoms with Crippen molar-refractivity contribution in [3.8, 4) is 11.5 Å². The molecule has 2 aromatic rings. The van der Waals surface area contributed by atoms with Gasteiger partial charge >= 0.3 is 0 Å². The highest BCUT2D eigenvalue weighted by Gasteiger charge is 2.29. The molecule has 1 unspecified atom stereocenters. The van der Waals surface area contributed by atoms with Crippen molar-refractivity contribution in [1.82, 2.24) is 5.32 Å². The zero-order valence-electron chi connectivity index (χ0n) is 11.6. The average Bonchev–Trinajstić information content (AvgIpc) is 2.51. The molecule has 6 heteroatoms. The van der Waals surface area contributed by atoms with Gasteiger partial charge in [0.1, 0.15) is 0 Å². The van der Waals surface area contributed by atoms with E-state index in [1.807, 2.05) is 30.3 Å². The zero-order chi connectivity index (χ0) is 15.0. The van der Waals surface area contributed by atoms with Gasteiger partial charge in [-0.2, -0.15) is 0 Å². The molecule has 0 fully saturated rings. The van der Waals surface area contributed by atoms with Crippen molar-refractivity contribution >= 4 is 40.2 Å². The van der Waals surface area contributed by atoms with Gasteiger partial charge in [0.05, 0.1) is 10.0 Å². The molecule has 0 saturated heterocycles. The summed E-state index contributed by atoms with van der Waals surface area (Å²) in [6.07, 6.45) is 1.42. The van der Waals surface area contributed by atoms with Crippen LogP contribution in [0.2, 0.25) is 10.0 Å². The van der Waals surface area contributed by atoms with E-state index >= 15 is 0 Å². The molecule has 0 aromatic heterocycles. The Morgan fingerprint density at radius 2 is 1.68 bits per heavy atom. The van der Waals surface area contributed by atoms with E-state index in [9.17, 15) is 10.2 Å². The van der Waals surface area contributed by atoms with Crippen LogP contribution in [0.3, 0.4) is 0 Å². The smallest absolute Gasteiger partial charge is 0.178 e. The minimum Gasteiger partial charge on any atom is -0.503 e. The zero-order valence-corrected chi connectivity index (χ0v) is 14.9. The monoisotopic (exact) mass is 403 g/mol. The van der Waals surface area contributed by atoms with Crippen LogP contribution in [0.1, 0.15) is 22.7 Å². The molecular formula is C16H16BrCl2NO2. The second-order valence-electron chi connectivity index (χ2n) is 5.16. The molecule has 1 heterocycles. The molecule has 1 aliphatic heterocycles. The SMILES string of the molecule is Br.Oc1c(O)c(Cl)c2c(c1Cl)CCNC2Cc1ccccc1. The molecular weight excluding hydrogens is 389 g/mol. The Hall–Kier alpha value is -0.940. The lowest BCUT2D eigenvalue weighted by atomic mass is 9.89. The van der Waals surface area contributed by atoms with Crippen LogP contribution < -0.4 is 5.32 Å². The van der Waals surface area contributed by atoms with Crippen molar-refractivity contribution in [2.24, 2.45) is 0 Å². The van der Waals surface area contributed by atoms with Gasteiger partial charge in [-0.05, 0) is 36.1 Å². The normalized spacial score (nSPS) is 16.7. The summed E-state index contributed by atoms with van der Waals surface area (Å²) < 4.78 is 0. The number of halogens is 3. The maximum Gasteiger partial charge on any atom is 0.178 e. The van der Waals surface area contributed by atoms with Gasteiger partial charge in [-0.3, -0.25) is 0 Å². The maximum atomic E-state index is 9.93. The average molecular weight is 405 g/mol. The lowest BCUT2D eigenvalue weighted by Crippen LogP contribution is -2.31. The second-order valence-corrected chi connectivity index (χ2v) is 5.92. The Morgan fingerprint density at radius 3 is 2.36 bits per heavy atom. The van der Waals surface area contributed by atoms with Crippen LogP contribution >= 0.6 is 40.2 Å². The third kappa shape index (κ3) is 3.06. The summed E-state index contributed by atoms with van der Waals surface area (Å²) in [6, 6.07) is 10.0. The minimum atomic E-state index is -0.345. The van der Waals surface area contributed by atoms with E-state index < -0.39 is 0 Å². The number of benzene rings is 2. The molecule has 118 valence electrons. The predicted molar refractivity (Wildman–Crippen MR) is 94.7 cm³/mol. The van der Waals surface area contributed by atoms with Gasteiger partial charge in [-0.1, -0.05) is 53.5 Å². The van der Waals surface area contributed by atoms with E-state index in [0.717, 1.165) is 24.1 Å². The van der Waals surface area contributed by atoms with Gasteiger partial charge in [0.25, 0.3) is 0 Å². The summed E-state index contributed by atoms with van der Waals surface area (Å²) in [6.45, 7) is 0.755. The van der Waals surface area contributed by atoms with Crippen LogP contribution in [0.5, 0.6) is 11.5 Å². The highest BCUT2D eigenvalue weighted by molar-refractivity contribution is 8.93. The number of hydrogen-bond donors (Lipinski definition) is 3. The van der Waals surface area contributed by atoms with Gasteiger partial charge in [-0.25, -0.2) is 0 Å². The summed E-state index contributed by atoms with van der Waals surface area (Å²) in [4.78, 5) is 0. The van der Waals surface area contributed by atoms with Crippen LogP contribution in [0.25, 0.3) is 0 Å². The van der Waals surface area contributed by atoms with Crippen LogP contribution in [-0.4, -0.2) is 16.8 Å². The summed E-state index contributed by atoms with van der Waals surface area (Å²) in [5.74, 6) is -0.678. The largest absolute Gasteiger partial charge is 0.503 e. The molecule has 2 aromatic carbocycles. The standard InChI is InChI=1S/C16H15Cl2NO2.BrH/c17-13-10-6-7-19-11(8-9-4-2-1-3-5-9)12(10)14(18)16(21)15(13)20;/h1-5,11,19-21H,6-8H2;1H. The maximum absolute atomic E-state index is 9.93. The van der Waals surface area contributed by atoms with Gasteiger partial charge < -0.3 is 15.5 Å². The first kappa shape index (κ1) is 17.4. The number of phenols is 2. The molecule has 0 spiro atoms. The first-order valence-corrected chi connectivity index (χ1v) is 7.54. The third-order valence-corrected chi connectivity index (χ3v) is 4.65. The Labute approximate surface area is 149 Å². The highest BCUT2D eigenvalue weighted by atomic mass is 79.9. The number of hydrogen-bond acceptors (Lipinski definition) is 3. The van der Waals surface area contributed by atoms with Crippen molar-refractivity contribution in [2.75, 3.05) is 6.54 Å². The molecule has 1 atom stereocenters. The topological polar surface area (TPSA) is 52.5 Å². The number of fused-ring (bicyclic) bond motifs is 1. The van der Waals surface area contributed by atoms with E-state index in [1.54, 1.807) is 0 Å². The van der Waals surface area contributed by atoms with Crippen molar-refractivity contribution in [3.63, 3.8) is 0 Å². The van der Waals surface area contributed by atoms with E-state index in [2.05, 4.69) is 5.32 Å². The van der Waals surface area contributed by atoms with Crippen LogP contribution in [0.15, 0.2) is 30.3 Å². The van der Waals surface area contributed by atoms with Crippen molar-refractivity contribution in [3.05, 3.63) is 57.1 Å². The highest BCUT2D eigenvalue weighted by Crippen LogP contribution is 2.48. The van der Waals surface area contributed by atoms with Crippen molar-refractivity contribution in [2.45, 2.75) is 18.9 Å². The van der Waals surface area contributed by atoms with Gasteiger partial charge in [0.2, 0.25) is 0 Å². The summed E-state index contributed by atoms with van der Waals surface area (Å²) in [5.41, 5.74) is 2.77. The van der Waals surface area contributed by atoms with Crippen LogP contribution in [-0.2, 0) is 12.8 Å². The van der Waals surface area contributed by atoms with Crippen molar-refractivity contribution < 1.29 is 10.2 Å². The lowest BCUT2D eigenvalue weighted by Gasteiger charge is -2.29. The fourth-order valence-corrected chi connectivity index (χ4v) is 3.46. The predicted octanol–water partition coefficient (Wildman–Crippen LogP) is 4.41. The molecule has 3 nitrogen and oxygen atoms in total. The molecule has 1 aliphatic rings. The first-order valence-electron chi connectivity index (χ1n) is 6.78. The van der Waals surface area contributed by atoms with Gasteiger partial charge in [-0.15, -0.1) is 17.0 Å². The molecule has 0 aliphatic carbocycles. The van der Waals surface area contributed by atoms with Gasteiger partial charge in [0.15, 0.2) is 11.5 Å². The van der Waals surface area contributed by atoms with E-state index in [4.69, 9.17) is 23.2 Å². The second kappa shape index (κ2) is 7.09. The Bertz CT molecular complexity index is 680. The fourth-order valence-electron chi connectivity index (χ4n) is 2.83. The number of nitrogens with one attached hydrogen (secondary N) is 1. The Balaban J connectivity index is 0.00000176. The molecule has 0 saturated carbocycles. The van der Waals surface area contributed by atoms with Crippen LogP contribution in [0.4, 0.5) is 0 Å². The van der Waals surface area contributed by atoms with Crippen molar-refractivity contribution in [1.29, 1.82) is 0 Å². The van der Waals surface area contributed by atoms with E-state index in [-0.39, 0.29) is 44.6 Å². The number of rotatable bonds is 2. The van der Waals surface area contributed by atoms with Crippen LogP contribution in [0, 0.1) is 0 Å². The molecule has 0 amide bonds. The quantitative estimate of drug-likeness (QED) is 0.649. The lowest BCUT2D eigenvalue weighted by molar-refractivity contribution is 0.399. The molecule has 3 rings (SSSR count). The summed E-state index contributed by atoms with van der Waals surface area (Å²) in [7, 11) is 0.